The second-order valence-electron chi connectivity index (χ2n) is 10.8. The standard InChI is InChI=1S/C24H34N8O5S/c1-11-19-18(12(2)28-17(33)6-14-8-27-30-29-14)23(35)32(19)20(24(36)37)21(11)38-15-7-16(26-9-15)22(34)31-5-3-4-13(25)10-31/h8,11-16,18-19,26H,3-7,9-10,25H2,1-2H3,(H,28,33)(H,36,37)/t11-,12-,13?,14?,15+,16+,18-,19-/m1/s1. The van der Waals surface area contributed by atoms with Gasteiger partial charge in [-0.3, -0.25) is 14.4 Å². The van der Waals surface area contributed by atoms with Crippen LogP contribution in [-0.2, 0) is 19.2 Å². The number of amides is 3. The summed E-state index contributed by atoms with van der Waals surface area (Å²) in [5.74, 6) is -2.40. The number of rotatable bonds is 8. The van der Waals surface area contributed by atoms with E-state index in [1.54, 1.807) is 6.92 Å². The van der Waals surface area contributed by atoms with Crippen molar-refractivity contribution in [3.05, 3.63) is 10.6 Å². The number of nitrogens with one attached hydrogen (secondary N) is 2. The molecule has 5 heterocycles. The minimum atomic E-state index is -1.14. The smallest absolute Gasteiger partial charge is 0.353 e. The Morgan fingerprint density at radius 1 is 1.37 bits per heavy atom. The van der Waals surface area contributed by atoms with E-state index in [1.165, 1.54) is 22.9 Å². The largest absolute Gasteiger partial charge is 0.477 e. The number of hydrogen-bond acceptors (Lipinski definition) is 10. The van der Waals surface area contributed by atoms with Gasteiger partial charge in [-0.1, -0.05) is 6.92 Å². The van der Waals surface area contributed by atoms with Gasteiger partial charge in [-0.15, -0.1) is 16.9 Å². The maximum Gasteiger partial charge on any atom is 0.353 e. The van der Waals surface area contributed by atoms with Crippen LogP contribution in [0.5, 0.6) is 0 Å². The van der Waals surface area contributed by atoms with Crippen molar-refractivity contribution in [3.63, 3.8) is 0 Å². The summed E-state index contributed by atoms with van der Waals surface area (Å²) < 4.78 is 0. The third kappa shape index (κ3) is 4.96. The second kappa shape index (κ2) is 10.7. The van der Waals surface area contributed by atoms with E-state index in [0.717, 1.165) is 12.8 Å². The summed E-state index contributed by atoms with van der Waals surface area (Å²) in [6.45, 7) is 5.54. The number of nitrogens with zero attached hydrogens (tertiary/aromatic N) is 5. The maximum absolute atomic E-state index is 13.1. The van der Waals surface area contributed by atoms with Crippen molar-refractivity contribution in [2.75, 3.05) is 19.6 Å². The molecule has 0 radical (unpaired) electrons. The molecule has 5 aliphatic heterocycles. The fraction of sp³-hybridized carbons (Fsp3) is 0.708. The Kier molecular flexibility index (Phi) is 7.56. The zero-order chi connectivity index (χ0) is 27.1. The molecule has 5 aliphatic rings. The molecule has 3 saturated heterocycles. The minimum absolute atomic E-state index is 0.000771. The average molecular weight is 547 g/mol. The van der Waals surface area contributed by atoms with Crippen LogP contribution in [0.15, 0.2) is 26.0 Å². The number of aliphatic carboxylic acids is 1. The van der Waals surface area contributed by atoms with Gasteiger partial charge >= 0.3 is 5.97 Å². The van der Waals surface area contributed by atoms with Crippen LogP contribution in [0, 0.1) is 11.8 Å². The van der Waals surface area contributed by atoms with Crippen molar-refractivity contribution in [2.24, 2.45) is 33.0 Å². The summed E-state index contributed by atoms with van der Waals surface area (Å²) in [5.41, 5.74) is 6.07. The molecule has 14 heteroatoms. The molecule has 3 amide bonds. The molecule has 0 spiro atoms. The second-order valence-corrected chi connectivity index (χ2v) is 12.1. The van der Waals surface area contributed by atoms with Crippen molar-refractivity contribution in [3.8, 4) is 0 Å². The summed E-state index contributed by atoms with van der Waals surface area (Å²) in [6, 6.07) is -1.55. The van der Waals surface area contributed by atoms with Crippen LogP contribution < -0.4 is 16.4 Å². The summed E-state index contributed by atoms with van der Waals surface area (Å²) >= 11 is 1.45. The van der Waals surface area contributed by atoms with Gasteiger partial charge in [0.05, 0.1) is 30.6 Å². The number of piperidine rings is 1. The Labute approximate surface area is 224 Å². The van der Waals surface area contributed by atoms with Gasteiger partial charge in [0.25, 0.3) is 0 Å². The van der Waals surface area contributed by atoms with Crippen LogP contribution >= 0.6 is 11.8 Å². The molecule has 206 valence electrons. The summed E-state index contributed by atoms with van der Waals surface area (Å²) in [7, 11) is 0. The molecular formula is C24H34N8O5S. The van der Waals surface area contributed by atoms with Crippen LogP contribution in [0.4, 0.5) is 0 Å². The van der Waals surface area contributed by atoms with Crippen molar-refractivity contribution >= 4 is 41.7 Å². The highest BCUT2D eigenvalue weighted by molar-refractivity contribution is 8.03. The highest BCUT2D eigenvalue weighted by Crippen LogP contribution is 2.51. The number of carbonyl (C=O) groups is 4. The Morgan fingerprint density at radius 2 is 2.16 bits per heavy atom. The lowest BCUT2D eigenvalue weighted by Gasteiger charge is -2.47. The van der Waals surface area contributed by atoms with Gasteiger partial charge in [0, 0.05) is 47.8 Å². The quantitative estimate of drug-likeness (QED) is 0.304. The number of fused-ring (bicyclic) bond motifs is 1. The molecule has 3 fully saturated rings. The Balaban J connectivity index is 1.22. The molecule has 0 aromatic heterocycles. The lowest BCUT2D eigenvalue weighted by molar-refractivity contribution is -0.158. The number of hydrogen-bond donors (Lipinski definition) is 4. The maximum atomic E-state index is 13.1. The Hall–Kier alpha value is -2.84. The fourth-order valence-corrected chi connectivity index (χ4v) is 7.69. The number of β-lactam (4-membered cyclic amide) rings is 1. The molecule has 13 nitrogen and oxygen atoms in total. The van der Waals surface area contributed by atoms with Gasteiger partial charge in [-0.2, -0.15) is 5.11 Å². The van der Waals surface area contributed by atoms with Crippen LogP contribution in [0.1, 0.15) is 39.5 Å². The molecule has 5 N–H and O–H groups in total. The van der Waals surface area contributed by atoms with E-state index in [4.69, 9.17) is 5.73 Å². The van der Waals surface area contributed by atoms with E-state index in [1.807, 2.05) is 11.8 Å². The third-order valence-corrected chi connectivity index (χ3v) is 9.57. The topological polar surface area (TPSA) is 182 Å². The number of carboxylic acid groups (broad SMARTS) is 1. The number of carboxylic acids is 1. The normalized spacial score (nSPS) is 34.9. The Morgan fingerprint density at radius 3 is 2.84 bits per heavy atom. The van der Waals surface area contributed by atoms with Crippen LogP contribution in [0.3, 0.4) is 0 Å². The van der Waals surface area contributed by atoms with E-state index >= 15 is 0 Å². The van der Waals surface area contributed by atoms with Gasteiger partial charge in [0.1, 0.15) is 11.7 Å². The fourth-order valence-electron chi connectivity index (χ4n) is 6.21. The molecule has 0 aromatic carbocycles. The average Bonchev–Trinajstić information content (AvgIpc) is 3.59. The molecule has 8 atom stereocenters. The van der Waals surface area contributed by atoms with Crippen molar-refractivity contribution in [1.29, 1.82) is 0 Å². The number of thioether (sulfide) groups is 1. The van der Waals surface area contributed by atoms with Crippen LogP contribution in [-0.4, -0.2) is 99.9 Å². The van der Waals surface area contributed by atoms with Crippen molar-refractivity contribution in [1.82, 2.24) is 20.4 Å². The first kappa shape index (κ1) is 26.8. The summed E-state index contributed by atoms with van der Waals surface area (Å²) in [4.78, 5) is 54.8. The SMILES string of the molecule is C[C@@H](NC(=O)CC1C=NN=N1)[C@H]1C(=O)N2C(C(=O)O)=C(S[C@@H]3CN[C@H](C(=O)N4CCCC(N)C4)C3)[C@H](C)[C@H]12. The monoisotopic (exact) mass is 546 g/mol. The highest BCUT2D eigenvalue weighted by atomic mass is 32.2. The molecule has 5 rings (SSSR count). The zero-order valence-electron chi connectivity index (χ0n) is 21.4. The molecule has 0 aromatic rings. The molecule has 0 bridgehead atoms. The number of likely N-dealkylation sites (tertiary alicyclic amines) is 1. The van der Waals surface area contributed by atoms with Gasteiger partial charge < -0.3 is 31.3 Å². The van der Waals surface area contributed by atoms with E-state index in [0.29, 0.717) is 31.0 Å². The lowest BCUT2D eigenvalue weighted by Crippen LogP contribution is -2.66. The number of carbonyl (C=O) groups excluding carboxylic acids is 3. The minimum Gasteiger partial charge on any atom is -0.477 e. The van der Waals surface area contributed by atoms with Gasteiger partial charge in [-0.05, 0) is 31.4 Å². The van der Waals surface area contributed by atoms with Crippen molar-refractivity contribution in [2.45, 2.75) is 75.0 Å². The molecule has 2 unspecified atom stereocenters. The van der Waals surface area contributed by atoms with E-state index in [-0.39, 0.29) is 59.1 Å². The molecular weight excluding hydrogens is 512 g/mol. The third-order valence-electron chi connectivity index (χ3n) is 8.06. The molecule has 0 aliphatic carbocycles. The van der Waals surface area contributed by atoms with E-state index < -0.39 is 24.0 Å². The summed E-state index contributed by atoms with van der Waals surface area (Å²) in [5, 5.41) is 27.2. The summed E-state index contributed by atoms with van der Waals surface area (Å²) in [6.07, 6.45) is 3.97. The first-order valence-electron chi connectivity index (χ1n) is 13.1. The predicted molar refractivity (Wildman–Crippen MR) is 139 cm³/mol. The predicted octanol–water partition coefficient (Wildman–Crippen LogP) is -0.112. The number of nitrogens with two attached hydrogens (primary N) is 1. The van der Waals surface area contributed by atoms with Gasteiger partial charge in [0.15, 0.2) is 0 Å². The van der Waals surface area contributed by atoms with Crippen molar-refractivity contribution < 1.29 is 24.3 Å². The Bertz CT molecular complexity index is 1100. The van der Waals surface area contributed by atoms with E-state index in [9.17, 15) is 24.3 Å². The molecule has 0 saturated carbocycles. The van der Waals surface area contributed by atoms with Crippen LogP contribution in [0.2, 0.25) is 0 Å². The zero-order valence-corrected chi connectivity index (χ0v) is 22.3. The lowest BCUT2D eigenvalue weighted by atomic mass is 9.78. The van der Waals surface area contributed by atoms with E-state index in [2.05, 4.69) is 26.1 Å². The van der Waals surface area contributed by atoms with Gasteiger partial charge in [0.2, 0.25) is 17.7 Å². The first-order valence-corrected chi connectivity index (χ1v) is 14.0. The van der Waals surface area contributed by atoms with Crippen LogP contribution in [0.25, 0.3) is 0 Å². The molecule has 38 heavy (non-hydrogen) atoms. The first-order chi connectivity index (χ1) is 18.2. The van der Waals surface area contributed by atoms with Gasteiger partial charge in [-0.25, -0.2) is 4.79 Å². The highest BCUT2D eigenvalue weighted by Gasteiger charge is 2.60.